The van der Waals surface area contributed by atoms with Crippen molar-refractivity contribution < 1.29 is 9.53 Å². The van der Waals surface area contributed by atoms with Crippen molar-refractivity contribution in [1.29, 1.82) is 0 Å². The van der Waals surface area contributed by atoms with Gasteiger partial charge < -0.3 is 15.4 Å². The number of hydrogen-bond donors (Lipinski definition) is 2. The van der Waals surface area contributed by atoms with Crippen molar-refractivity contribution in [2.75, 3.05) is 25.5 Å². The Morgan fingerprint density at radius 2 is 2.04 bits per heavy atom. The number of benzene rings is 2. The van der Waals surface area contributed by atoms with Crippen LogP contribution in [0.15, 0.2) is 46.9 Å². The maximum absolute atomic E-state index is 11.9. The molecule has 0 heterocycles. The van der Waals surface area contributed by atoms with Crippen LogP contribution in [-0.2, 0) is 11.2 Å². The van der Waals surface area contributed by atoms with E-state index in [0.717, 1.165) is 34.4 Å². The SMILES string of the molecule is COc1cccc(CCNCC(=O)Nc2ccc(Br)c(C)c2)c1. The van der Waals surface area contributed by atoms with Crippen molar-refractivity contribution >= 4 is 27.5 Å². The van der Waals surface area contributed by atoms with Crippen molar-refractivity contribution in [3.05, 3.63) is 58.1 Å². The van der Waals surface area contributed by atoms with Gasteiger partial charge in [-0.1, -0.05) is 28.1 Å². The summed E-state index contributed by atoms with van der Waals surface area (Å²) >= 11 is 3.45. The molecule has 0 aliphatic heterocycles. The van der Waals surface area contributed by atoms with Crippen molar-refractivity contribution in [1.82, 2.24) is 5.32 Å². The Labute approximate surface area is 145 Å². The van der Waals surface area contributed by atoms with E-state index in [0.29, 0.717) is 6.54 Å². The highest BCUT2D eigenvalue weighted by Gasteiger charge is 2.03. The lowest BCUT2D eigenvalue weighted by Crippen LogP contribution is -2.29. The van der Waals surface area contributed by atoms with E-state index in [1.165, 1.54) is 5.56 Å². The number of methoxy groups -OCH3 is 1. The van der Waals surface area contributed by atoms with Crippen LogP contribution < -0.4 is 15.4 Å². The molecular formula is C18H21BrN2O2. The number of ether oxygens (including phenoxy) is 1. The first-order valence-corrected chi connectivity index (χ1v) is 8.27. The lowest BCUT2D eigenvalue weighted by atomic mass is 10.1. The molecule has 0 radical (unpaired) electrons. The van der Waals surface area contributed by atoms with Gasteiger partial charge in [0.1, 0.15) is 5.75 Å². The second kappa shape index (κ2) is 8.70. The smallest absolute Gasteiger partial charge is 0.238 e. The third-order valence-electron chi connectivity index (χ3n) is 3.45. The molecule has 0 unspecified atom stereocenters. The number of amides is 1. The summed E-state index contributed by atoms with van der Waals surface area (Å²) in [5.74, 6) is 0.809. The summed E-state index contributed by atoms with van der Waals surface area (Å²) in [7, 11) is 1.66. The van der Waals surface area contributed by atoms with Gasteiger partial charge in [-0.25, -0.2) is 0 Å². The molecule has 0 saturated heterocycles. The lowest BCUT2D eigenvalue weighted by molar-refractivity contribution is -0.115. The van der Waals surface area contributed by atoms with Gasteiger partial charge in [0.25, 0.3) is 0 Å². The van der Waals surface area contributed by atoms with Crippen molar-refractivity contribution in [3.8, 4) is 5.75 Å². The molecule has 122 valence electrons. The maximum atomic E-state index is 11.9. The molecule has 0 spiro atoms. The highest BCUT2D eigenvalue weighted by atomic mass is 79.9. The van der Waals surface area contributed by atoms with Crippen molar-refractivity contribution in [2.45, 2.75) is 13.3 Å². The number of carbonyl (C=O) groups excluding carboxylic acids is 1. The van der Waals surface area contributed by atoms with E-state index in [2.05, 4.69) is 32.6 Å². The summed E-state index contributed by atoms with van der Waals surface area (Å²) < 4.78 is 6.23. The van der Waals surface area contributed by atoms with Crippen LogP contribution in [0.1, 0.15) is 11.1 Å². The van der Waals surface area contributed by atoms with Gasteiger partial charge in [-0.3, -0.25) is 4.79 Å². The Balaban J connectivity index is 1.73. The first-order valence-electron chi connectivity index (χ1n) is 7.48. The summed E-state index contributed by atoms with van der Waals surface area (Å²) in [4.78, 5) is 11.9. The maximum Gasteiger partial charge on any atom is 0.238 e. The third-order valence-corrected chi connectivity index (χ3v) is 4.34. The molecule has 0 fully saturated rings. The average Bonchev–Trinajstić information content (AvgIpc) is 2.55. The van der Waals surface area contributed by atoms with Gasteiger partial charge in [-0.05, 0) is 61.3 Å². The fourth-order valence-electron chi connectivity index (χ4n) is 2.19. The van der Waals surface area contributed by atoms with Gasteiger partial charge in [0.05, 0.1) is 13.7 Å². The molecule has 0 aliphatic carbocycles. The van der Waals surface area contributed by atoms with E-state index in [4.69, 9.17) is 4.74 Å². The molecule has 0 atom stereocenters. The van der Waals surface area contributed by atoms with Crippen LogP contribution in [-0.4, -0.2) is 26.1 Å². The highest BCUT2D eigenvalue weighted by Crippen LogP contribution is 2.19. The topological polar surface area (TPSA) is 50.4 Å². The van der Waals surface area contributed by atoms with E-state index in [1.807, 2.05) is 43.3 Å². The monoisotopic (exact) mass is 376 g/mol. The zero-order chi connectivity index (χ0) is 16.7. The standard InChI is InChI=1S/C18H21BrN2O2/c1-13-10-15(6-7-17(13)19)21-18(22)12-20-9-8-14-4-3-5-16(11-14)23-2/h3-7,10-11,20H,8-9,12H2,1-2H3,(H,21,22). The fraction of sp³-hybridized carbons (Fsp3) is 0.278. The van der Waals surface area contributed by atoms with Gasteiger partial charge >= 0.3 is 0 Å². The largest absolute Gasteiger partial charge is 0.497 e. The number of aryl methyl sites for hydroxylation is 1. The van der Waals surface area contributed by atoms with Gasteiger partial charge in [0.2, 0.25) is 5.91 Å². The van der Waals surface area contributed by atoms with Crippen LogP contribution >= 0.6 is 15.9 Å². The molecule has 0 saturated carbocycles. The normalized spacial score (nSPS) is 10.4. The van der Waals surface area contributed by atoms with Crippen LogP contribution in [0.5, 0.6) is 5.75 Å². The van der Waals surface area contributed by atoms with Crippen LogP contribution in [0, 0.1) is 6.92 Å². The van der Waals surface area contributed by atoms with Gasteiger partial charge in [-0.2, -0.15) is 0 Å². The highest BCUT2D eigenvalue weighted by molar-refractivity contribution is 9.10. The summed E-state index contributed by atoms with van der Waals surface area (Å²) in [5, 5.41) is 6.04. The predicted molar refractivity (Wildman–Crippen MR) is 97.1 cm³/mol. The zero-order valence-electron chi connectivity index (χ0n) is 13.4. The number of halogens is 1. The lowest BCUT2D eigenvalue weighted by Gasteiger charge is -2.09. The van der Waals surface area contributed by atoms with Gasteiger partial charge in [0.15, 0.2) is 0 Å². The molecular weight excluding hydrogens is 356 g/mol. The number of rotatable bonds is 7. The minimum absolute atomic E-state index is 0.0441. The second-order valence-corrected chi connectivity index (χ2v) is 6.14. The molecule has 0 aromatic heterocycles. The van der Waals surface area contributed by atoms with Gasteiger partial charge in [-0.15, -0.1) is 0 Å². The first-order chi connectivity index (χ1) is 11.1. The Bertz CT molecular complexity index is 674. The van der Waals surface area contributed by atoms with E-state index in [9.17, 15) is 4.79 Å². The minimum Gasteiger partial charge on any atom is -0.497 e. The number of anilines is 1. The number of hydrogen-bond acceptors (Lipinski definition) is 3. The quantitative estimate of drug-likeness (QED) is 0.726. The molecule has 0 aliphatic rings. The van der Waals surface area contributed by atoms with Crippen LogP contribution in [0.2, 0.25) is 0 Å². The van der Waals surface area contributed by atoms with Crippen molar-refractivity contribution in [2.24, 2.45) is 0 Å². The van der Waals surface area contributed by atoms with E-state index < -0.39 is 0 Å². The first kappa shape index (κ1) is 17.5. The predicted octanol–water partition coefficient (Wildman–Crippen LogP) is 3.54. The zero-order valence-corrected chi connectivity index (χ0v) is 14.9. The molecule has 2 aromatic carbocycles. The summed E-state index contributed by atoms with van der Waals surface area (Å²) in [6.07, 6.45) is 0.849. The summed E-state index contributed by atoms with van der Waals surface area (Å²) in [6, 6.07) is 13.7. The average molecular weight is 377 g/mol. The Kier molecular flexibility index (Phi) is 6.62. The molecule has 4 nitrogen and oxygen atoms in total. The van der Waals surface area contributed by atoms with E-state index in [-0.39, 0.29) is 5.91 Å². The molecule has 5 heteroatoms. The summed E-state index contributed by atoms with van der Waals surface area (Å²) in [5.41, 5.74) is 3.08. The molecule has 23 heavy (non-hydrogen) atoms. The number of carbonyl (C=O) groups is 1. The van der Waals surface area contributed by atoms with E-state index >= 15 is 0 Å². The van der Waals surface area contributed by atoms with Crippen LogP contribution in [0.25, 0.3) is 0 Å². The molecule has 2 rings (SSSR count). The Hall–Kier alpha value is -1.85. The van der Waals surface area contributed by atoms with Crippen molar-refractivity contribution in [3.63, 3.8) is 0 Å². The third kappa shape index (κ3) is 5.69. The minimum atomic E-state index is -0.0441. The van der Waals surface area contributed by atoms with E-state index in [1.54, 1.807) is 7.11 Å². The second-order valence-electron chi connectivity index (χ2n) is 5.29. The molecule has 1 amide bonds. The summed E-state index contributed by atoms with van der Waals surface area (Å²) in [6.45, 7) is 3.02. The number of nitrogens with one attached hydrogen (secondary N) is 2. The molecule has 0 bridgehead atoms. The Morgan fingerprint density at radius 1 is 1.22 bits per heavy atom. The van der Waals surface area contributed by atoms with Crippen LogP contribution in [0.3, 0.4) is 0 Å². The molecule has 2 aromatic rings. The molecule has 2 N–H and O–H groups in total. The van der Waals surface area contributed by atoms with Crippen LogP contribution in [0.4, 0.5) is 5.69 Å². The fourth-order valence-corrected chi connectivity index (χ4v) is 2.44. The van der Waals surface area contributed by atoms with Gasteiger partial charge in [0, 0.05) is 10.2 Å². The Morgan fingerprint density at radius 3 is 2.78 bits per heavy atom.